The maximum Gasteiger partial charge on any atom is 0.0495 e. The van der Waals surface area contributed by atoms with E-state index in [9.17, 15) is 0 Å². The normalized spacial score (nSPS) is 19.1. The van der Waals surface area contributed by atoms with Gasteiger partial charge in [-0.3, -0.25) is 0 Å². The molecule has 0 aromatic heterocycles. The highest BCUT2D eigenvalue weighted by Gasteiger charge is 2.19. The Hall–Kier alpha value is -0.120. The third-order valence-corrected chi connectivity index (χ3v) is 3.40. The summed E-state index contributed by atoms with van der Waals surface area (Å²) >= 11 is 0. The molecule has 1 N–H and O–H groups in total. The van der Waals surface area contributed by atoms with Crippen LogP contribution in [0.15, 0.2) is 0 Å². The van der Waals surface area contributed by atoms with Gasteiger partial charge in [0, 0.05) is 19.8 Å². The molecule has 17 heavy (non-hydrogen) atoms. The van der Waals surface area contributed by atoms with Gasteiger partial charge in [0.05, 0.1) is 0 Å². The molecule has 1 aliphatic rings. The standard InChI is InChI=1S/C14H30N2O/c1-13(2)11-16-8-5-14(6-9-16)12-17-10-4-7-15-3/h13-15H,4-12H2,1-3H3. The molecule has 3 nitrogen and oxygen atoms in total. The zero-order valence-electron chi connectivity index (χ0n) is 11.9. The van der Waals surface area contributed by atoms with Gasteiger partial charge < -0.3 is 15.0 Å². The third-order valence-electron chi connectivity index (χ3n) is 3.40. The maximum atomic E-state index is 5.73. The number of likely N-dealkylation sites (tertiary alicyclic amines) is 1. The minimum atomic E-state index is 0.796. The second-order valence-corrected chi connectivity index (χ2v) is 5.67. The van der Waals surface area contributed by atoms with Gasteiger partial charge >= 0.3 is 0 Å². The first-order valence-corrected chi connectivity index (χ1v) is 7.17. The van der Waals surface area contributed by atoms with E-state index in [1.807, 2.05) is 7.05 Å². The van der Waals surface area contributed by atoms with E-state index in [0.717, 1.165) is 38.0 Å². The zero-order chi connectivity index (χ0) is 12.5. The predicted octanol–water partition coefficient (Wildman–Crippen LogP) is 1.98. The molecule has 0 radical (unpaired) electrons. The summed E-state index contributed by atoms with van der Waals surface area (Å²) in [4.78, 5) is 2.60. The Labute approximate surface area is 107 Å². The highest BCUT2D eigenvalue weighted by Crippen LogP contribution is 2.18. The van der Waals surface area contributed by atoms with Crippen LogP contribution in [0.5, 0.6) is 0 Å². The van der Waals surface area contributed by atoms with Crippen LogP contribution >= 0.6 is 0 Å². The van der Waals surface area contributed by atoms with E-state index in [4.69, 9.17) is 4.74 Å². The first-order chi connectivity index (χ1) is 8.22. The first-order valence-electron chi connectivity index (χ1n) is 7.17. The average molecular weight is 242 g/mol. The van der Waals surface area contributed by atoms with Crippen molar-refractivity contribution in [3.63, 3.8) is 0 Å². The van der Waals surface area contributed by atoms with Gasteiger partial charge in [0.1, 0.15) is 0 Å². The van der Waals surface area contributed by atoms with Gasteiger partial charge in [-0.05, 0) is 57.8 Å². The van der Waals surface area contributed by atoms with Crippen LogP contribution < -0.4 is 5.32 Å². The highest BCUT2D eigenvalue weighted by atomic mass is 16.5. The Bertz CT molecular complexity index is 177. The fourth-order valence-electron chi connectivity index (χ4n) is 2.45. The molecule has 3 heteroatoms. The lowest BCUT2D eigenvalue weighted by atomic mass is 9.97. The molecule has 0 aromatic carbocycles. The van der Waals surface area contributed by atoms with Crippen LogP contribution in [0, 0.1) is 11.8 Å². The molecule has 0 amide bonds. The molecule has 0 spiro atoms. The zero-order valence-corrected chi connectivity index (χ0v) is 11.9. The lowest BCUT2D eigenvalue weighted by Crippen LogP contribution is -2.37. The monoisotopic (exact) mass is 242 g/mol. The minimum absolute atomic E-state index is 0.796. The van der Waals surface area contributed by atoms with Crippen LogP contribution in [0.2, 0.25) is 0 Å². The van der Waals surface area contributed by atoms with Crippen molar-refractivity contribution in [3.05, 3.63) is 0 Å². The molecule has 1 saturated heterocycles. The lowest BCUT2D eigenvalue weighted by Gasteiger charge is -2.32. The molecule has 0 unspecified atom stereocenters. The van der Waals surface area contributed by atoms with Crippen molar-refractivity contribution in [3.8, 4) is 0 Å². The van der Waals surface area contributed by atoms with Crippen molar-refractivity contribution in [2.24, 2.45) is 11.8 Å². The molecule has 0 atom stereocenters. The second kappa shape index (κ2) is 8.90. The van der Waals surface area contributed by atoms with Crippen LogP contribution in [0.3, 0.4) is 0 Å². The topological polar surface area (TPSA) is 24.5 Å². The largest absolute Gasteiger partial charge is 0.381 e. The summed E-state index contributed by atoms with van der Waals surface area (Å²) in [6.07, 6.45) is 3.76. The van der Waals surface area contributed by atoms with E-state index in [0.29, 0.717) is 0 Å². The Balaban J connectivity index is 1.99. The van der Waals surface area contributed by atoms with Crippen LogP contribution in [0.1, 0.15) is 33.1 Å². The first kappa shape index (κ1) is 14.9. The summed E-state index contributed by atoms with van der Waals surface area (Å²) in [5.41, 5.74) is 0. The van der Waals surface area contributed by atoms with Crippen molar-refractivity contribution >= 4 is 0 Å². The summed E-state index contributed by atoms with van der Waals surface area (Å²) in [7, 11) is 1.99. The summed E-state index contributed by atoms with van der Waals surface area (Å²) in [5.74, 6) is 1.59. The Kier molecular flexibility index (Phi) is 7.82. The summed E-state index contributed by atoms with van der Waals surface area (Å²) < 4.78 is 5.73. The van der Waals surface area contributed by atoms with Gasteiger partial charge in [-0.1, -0.05) is 13.8 Å². The Morgan fingerprint density at radius 1 is 1.29 bits per heavy atom. The molecular formula is C14H30N2O. The molecule has 0 bridgehead atoms. The third kappa shape index (κ3) is 7.02. The second-order valence-electron chi connectivity index (χ2n) is 5.67. The number of rotatable bonds is 8. The molecule has 0 aromatic rings. The van der Waals surface area contributed by atoms with Crippen molar-refractivity contribution in [1.82, 2.24) is 10.2 Å². The van der Waals surface area contributed by atoms with Gasteiger partial charge in [0.2, 0.25) is 0 Å². The molecule has 0 saturated carbocycles. The van der Waals surface area contributed by atoms with Crippen molar-refractivity contribution in [1.29, 1.82) is 0 Å². The van der Waals surface area contributed by atoms with Crippen molar-refractivity contribution in [2.45, 2.75) is 33.1 Å². The van der Waals surface area contributed by atoms with Crippen molar-refractivity contribution in [2.75, 3.05) is 46.4 Å². The average Bonchev–Trinajstić information content (AvgIpc) is 2.30. The quantitative estimate of drug-likeness (QED) is 0.659. The summed E-state index contributed by atoms with van der Waals surface area (Å²) in [5, 5.41) is 3.14. The summed E-state index contributed by atoms with van der Waals surface area (Å²) in [6.45, 7) is 11.3. The highest BCUT2D eigenvalue weighted by molar-refractivity contribution is 4.72. The molecule has 1 aliphatic heterocycles. The molecule has 1 fully saturated rings. The van der Waals surface area contributed by atoms with E-state index in [1.54, 1.807) is 0 Å². The molecule has 1 rings (SSSR count). The van der Waals surface area contributed by atoms with E-state index in [-0.39, 0.29) is 0 Å². The Morgan fingerprint density at radius 3 is 2.59 bits per heavy atom. The van der Waals surface area contributed by atoms with E-state index < -0.39 is 0 Å². The van der Waals surface area contributed by atoms with Gasteiger partial charge in [0.25, 0.3) is 0 Å². The number of hydrogen-bond donors (Lipinski definition) is 1. The number of piperidine rings is 1. The van der Waals surface area contributed by atoms with Crippen LogP contribution in [0.4, 0.5) is 0 Å². The molecule has 0 aliphatic carbocycles. The van der Waals surface area contributed by atoms with E-state index in [1.165, 1.54) is 32.5 Å². The molecular weight excluding hydrogens is 212 g/mol. The number of nitrogens with zero attached hydrogens (tertiary/aromatic N) is 1. The molecule has 1 heterocycles. The van der Waals surface area contributed by atoms with Gasteiger partial charge in [0.15, 0.2) is 0 Å². The minimum Gasteiger partial charge on any atom is -0.381 e. The van der Waals surface area contributed by atoms with Gasteiger partial charge in [-0.2, -0.15) is 0 Å². The summed E-state index contributed by atoms with van der Waals surface area (Å²) in [6, 6.07) is 0. The number of hydrogen-bond acceptors (Lipinski definition) is 3. The van der Waals surface area contributed by atoms with Gasteiger partial charge in [-0.15, -0.1) is 0 Å². The van der Waals surface area contributed by atoms with E-state index in [2.05, 4.69) is 24.1 Å². The lowest BCUT2D eigenvalue weighted by molar-refractivity contribution is 0.0635. The molecule has 102 valence electrons. The van der Waals surface area contributed by atoms with Crippen LogP contribution in [0.25, 0.3) is 0 Å². The fourth-order valence-corrected chi connectivity index (χ4v) is 2.45. The number of nitrogens with one attached hydrogen (secondary N) is 1. The van der Waals surface area contributed by atoms with Gasteiger partial charge in [-0.25, -0.2) is 0 Å². The smallest absolute Gasteiger partial charge is 0.0495 e. The number of ether oxygens (including phenoxy) is 1. The SMILES string of the molecule is CNCCCOCC1CCN(CC(C)C)CC1. The maximum absolute atomic E-state index is 5.73. The van der Waals surface area contributed by atoms with E-state index >= 15 is 0 Å². The predicted molar refractivity (Wildman–Crippen MR) is 73.4 cm³/mol. The Morgan fingerprint density at radius 2 is 2.00 bits per heavy atom. The van der Waals surface area contributed by atoms with Crippen LogP contribution in [-0.4, -0.2) is 51.3 Å². The van der Waals surface area contributed by atoms with Crippen LogP contribution in [-0.2, 0) is 4.74 Å². The fraction of sp³-hybridized carbons (Fsp3) is 1.00. The van der Waals surface area contributed by atoms with Crippen molar-refractivity contribution < 1.29 is 4.74 Å².